The fraction of sp³-hybridized carbons (Fsp3) is 0.500. The van der Waals surface area contributed by atoms with Crippen LogP contribution in [0.4, 0.5) is 0 Å². The molecule has 1 aliphatic heterocycles. The van der Waals surface area contributed by atoms with Crippen molar-refractivity contribution in [2.24, 2.45) is 5.73 Å². The number of likely N-dealkylation sites (tertiary alicyclic amines) is 1. The minimum atomic E-state index is -0.391. The molecule has 0 spiro atoms. The van der Waals surface area contributed by atoms with Crippen molar-refractivity contribution in [2.45, 2.75) is 32.4 Å². The molecule has 1 unspecified atom stereocenters. The summed E-state index contributed by atoms with van der Waals surface area (Å²) in [6, 6.07) is 5.56. The molecule has 2 rings (SSSR count). The molecule has 1 aromatic rings. The van der Waals surface area contributed by atoms with E-state index in [2.05, 4.69) is 4.90 Å². The number of β-amino-alcohol motifs (C(OH)–C–C–N with tert-alkyl or cyclic N) is 1. The van der Waals surface area contributed by atoms with Crippen LogP contribution in [0.5, 0.6) is 0 Å². The predicted octanol–water partition coefficient (Wildman–Crippen LogP) is 1.05. The largest absolute Gasteiger partial charge is 0.392 e. The van der Waals surface area contributed by atoms with E-state index < -0.39 is 5.91 Å². The van der Waals surface area contributed by atoms with Gasteiger partial charge in [-0.3, -0.25) is 9.69 Å². The van der Waals surface area contributed by atoms with Crippen LogP contribution in [0.1, 0.15) is 34.3 Å². The van der Waals surface area contributed by atoms with E-state index in [1.54, 1.807) is 6.07 Å². The quantitative estimate of drug-likeness (QED) is 0.840. The van der Waals surface area contributed by atoms with Gasteiger partial charge in [-0.1, -0.05) is 6.07 Å². The molecule has 1 amide bonds. The van der Waals surface area contributed by atoms with Gasteiger partial charge in [-0.15, -0.1) is 0 Å². The van der Waals surface area contributed by atoms with Crippen LogP contribution in [-0.4, -0.2) is 35.1 Å². The van der Waals surface area contributed by atoms with E-state index >= 15 is 0 Å². The lowest BCUT2D eigenvalue weighted by molar-refractivity contribution is 0.0667. The number of nitrogens with zero attached hydrogens (tertiary/aromatic N) is 1. The van der Waals surface area contributed by atoms with Gasteiger partial charge in [0.15, 0.2) is 0 Å². The normalized spacial score (nSPS) is 20.9. The van der Waals surface area contributed by atoms with Gasteiger partial charge in [0.05, 0.1) is 6.10 Å². The number of benzene rings is 1. The van der Waals surface area contributed by atoms with Crippen molar-refractivity contribution < 1.29 is 9.90 Å². The molecular formula is C14H20N2O2. The van der Waals surface area contributed by atoms with Gasteiger partial charge in [0, 0.05) is 18.7 Å². The first-order valence-electron chi connectivity index (χ1n) is 6.36. The van der Waals surface area contributed by atoms with Crippen molar-refractivity contribution in [2.75, 3.05) is 13.1 Å². The Morgan fingerprint density at radius 3 is 2.94 bits per heavy atom. The highest BCUT2D eigenvalue weighted by Gasteiger charge is 2.18. The summed E-state index contributed by atoms with van der Waals surface area (Å²) in [6.45, 7) is 4.56. The summed E-state index contributed by atoms with van der Waals surface area (Å²) in [4.78, 5) is 13.3. The third kappa shape index (κ3) is 3.09. The minimum absolute atomic E-state index is 0.205. The number of amides is 1. The average Bonchev–Trinajstić information content (AvgIpc) is 2.31. The Bertz CT molecular complexity index is 445. The molecule has 0 bridgehead atoms. The topological polar surface area (TPSA) is 66.6 Å². The second kappa shape index (κ2) is 5.50. The van der Waals surface area contributed by atoms with Crippen LogP contribution >= 0.6 is 0 Å². The molecule has 3 N–H and O–H groups in total. The number of hydrogen-bond donors (Lipinski definition) is 2. The molecule has 1 fully saturated rings. The maximum Gasteiger partial charge on any atom is 0.248 e. The highest BCUT2D eigenvalue weighted by Crippen LogP contribution is 2.17. The van der Waals surface area contributed by atoms with Crippen LogP contribution in [0, 0.1) is 6.92 Å². The smallest absolute Gasteiger partial charge is 0.248 e. The van der Waals surface area contributed by atoms with Gasteiger partial charge in [-0.2, -0.15) is 0 Å². The monoisotopic (exact) mass is 248 g/mol. The molecule has 4 nitrogen and oxygen atoms in total. The van der Waals surface area contributed by atoms with Crippen LogP contribution in [0.15, 0.2) is 18.2 Å². The van der Waals surface area contributed by atoms with Gasteiger partial charge < -0.3 is 10.8 Å². The molecule has 1 heterocycles. The third-order valence-corrected chi connectivity index (χ3v) is 3.50. The van der Waals surface area contributed by atoms with Crippen molar-refractivity contribution in [1.29, 1.82) is 0 Å². The number of primary amides is 1. The zero-order valence-corrected chi connectivity index (χ0v) is 10.7. The lowest BCUT2D eigenvalue weighted by Crippen LogP contribution is -2.37. The number of aryl methyl sites for hydroxylation is 1. The van der Waals surface area contributed by atoms with Crippen LogP contribution in [0.3, 0.4) is 0 Å². The second-order valence-corrected chi connectivity index (χ2v) is 5.04. The van der Waals surface area contributed by atoms with Crippen molar-refractivity contribution >= 4 is 5.91 Å². The van der Waals surface area contributed by atoms with Crippen LogP contribution in [0.2, 0.25) is 0 Å². The van der Waals surface area contributed by atoms with Crippen molar-refractivity contribution in [3.8, 4) is 0 Å². The first kappa shape index (κ1) is 13.1. The molecule has 18 heavy (non-hydrogen) atoms. The van der Waals surface area contributed by atoms with E-state index in [1.165, 1.54) is 5.56 Å². The van der Waals surface area contributed by atoms with Gasteiger partial charge in [-0.05, 0) is 49.6 Å². The molecule has 0 radical (unpaired) electrons. The van der Waals surface area contributed by atoms with E-state index in [1.807, 2.05) is 19.1 Å². The Hall–Kier alpha value is -1.39. The van der Waals surface area contributed by atoms with Crippen LogP contribution in [0.25, 0.3) is 0 Å². The first-order valence-corrected chi connectivity index (χ1v) is 6.36. The maximum absolute atomic E-state index is 11.1. The summed E-state index contributed by atoms with van der Waals surface area (Å²) in [5.41, 5.74) is 8.07. The third-order valence-electron chi connectivity index (χ3n) is 3.50. The molecule has 1 saturated heterocycles. The summed E-state index contributed by atoms with van der Waals surface area (Å²) in [5, 5.41) is 9.64. The standard InChI is InChI=1S/C14H20N2O2/c1-10-7-11(14(15)18)4-5-12(10)8-16-6-2-3-13(17)9-16/h4-5,7,13,17H,2-3,6,8-9H2,1H3,(H2,15,18). The number of hydrogen-bond acceptors (Lipinski definition) is 3. The van der Waals surface area contributed by atoms with Gasteiger partial charge in [-0.25, -0.2) is 0 Å². The second-order valence-electron chi connectivity index (χ2n) is 5.04. The Labute approximate surface area is 107 Å². The minimum Gasteiger partial charge on any atom is -0.392 e. The Balaban J connectivity index is 2.07. The van der Waals surface area contributed by atoms with Crippen LogP contribution < -0.4 is 5.73 Å². The number of aliphatic hydroxyl groups is 1. The molecule has 1 atom stereocenters. The Morgan fingerprint density at radius 1 is 1.56 bits per heavy atom. The molecule has 98 valence electrons. The summed E-state index contributed by atoms with van der Waals surface area (Å²) < 4.78 is 0. The fourth-order valence-corrected chi connectivity index (χ4v) is 2.44. The predicted molar refractivity (Wildman–Crippen MR) is 70.2 cm³/mol. The highest BCUT2D eigenvalue weighted by molar-refractivity contribution is 5.93. The Morgan fingerprint density at radius 2 is 2.33 bits per heavy atom. The highest BCUT2D eigenvalue weighted by atomic mass is 16.3. The number of piperidine rings is 1. The zero-order chi connectivity index (χ0) is 13.1. The van der Waals surface area contributed by atoms with E-state index in [4.69, 9.17) is 5.73 Å². The van der Waals surface area contributed by atoms with Gasteiger partial charge in [0.1, 0.15) is 0 Å². The van der Waals surface area contributed by atoms with Crippen LogP contribution in [-0.2, 0) is 6.54 Å². The number of rotatable bonds is 3. The van der Waals surface area contributed by atoms with Gasteiger partial charge >= 0.3 is 0 Å². The molecule has 4 heteroatoms. The van der Waals surface area contributed by atoms with Gasteiger partial charge in [0.2, 0.25) is 5.91 Å². The molecule has 1 aromatic carbocycles. The van der Waals surface area contributed by atoms with Crippen molar-refractivity contribution in [3.05, 3.63) is 34.9 Å². The lowest BCUT2D eigenvalue weighted by Gasteiger charge is -2.30. The van der Waals surface area contributed by atoms with Gasteiger partial charge in [0.25, 0.3) is 0 Å². The number of carbonyl (C=O) groups excluding carboxylic acids is 1. The molecule has 1 aliphatic rings. The summed E-state index contributed by atoms with van der Waals surface area (Å²) in [7, 11) is 0. The van der Waals surface area contributed by atoms with E-state index in [0.717, 1.165) is 38.0 Å². The fourth-order valence-electron chi connectivity index (χ4n) is 2.44. The molecule has 0 saturated carbocycles. The number of carbonyl (C=O) groups is 1. The summed E-state index contributed by atoms with van der Waals surface area (Å²) in [5.74, 6) is -0.391. The SMILES string of the molecule is Cc1cc(C(N)=O)ccc1CN1CCCC(O)C1. The Kier molecular flexibility index (Phi) is 3.99. The summed E-state index contributed by atoms with van der Waals surface area (Å²) >= 11 is 0. The maximum atomic E-state index is 11.1. The number of aliphatic hydroxyl groups excluding tert-OH is 1. The molecule has 0 aromatic heterocycles. The van der Waals surface area contributed by atoms with Crippen molar-refractivity contribution in [3.63, 3.8) is 0 Å². The van der Waals surface area contributed by atoms with E-state index in [9.17, 15) is 9.90 Å². The summed E-state index contributed by atoms with van der Waals surface area (Å²) in [6.07, 6.45) is 1.74. The molecular weight excluding hydrogens is 228 g/mol. The molecule has 0 aliphatic carbocycles. The van der Waals surface area contributed by atoms with E-state index in [0.29, 0.717) is 5.56 Å². The van der Waals surface area contributed by atoms with Crippen molar-refractivity contribution in [1.82, 2.24) is 4.90 Å². The average molecular weight is 248 g/mol. The lowest BCUT2D eigenvalue weighted by atomic mass is 10.0. The number of nitrogens with two attached hydrogens (primary N) is 1. The van der Waals surface area contributed by atoms with E-state index in [-0.39, 0.29) is 6.10 Å². The zero-order valence-electron chi connectivity index (χ0n) is 10.7. The first-order chi connectivity index (χ1) is 8.56.